The largest absolute Gasteiger partial charge is 0.223 e. The van der Waals surface area contributed by atoms with E-state index in [0.29, 0.717) is 10.0 Å². The second-order valence-corrected chi connectivity index (χ2v) is 7.25. The van der Waals surface area contributed by atoms with E-state index in [-0.39, 0.29) is 15.7 Å². The van der Waals surface area contributed by atoms with Crippen molar-refractivity contribution in [1.29, 1.82) is 0 Å². The fourth-order valence-electron chi connectivity index (χ4n) is 1.69. The van der Waals surface area contributed by atoms with Gasteiger partial charge in [0.15, 0.2) is 9.84 Å². The van der Waals surface area contributed by atoms with Gasteiger partial charge in [-0.1, -0.05) is 39.7 Å². The number of benzene rings is 2. The molecular formula is C13H9BrClFO2S. The summed E-state index contributed by atoms with van der Waals surface area (Å²) in [6, 6.07) is 10.2. The molecule has 2 nitrogen and oxygen atoms in total. The third kappa shape index (κ3) is 3.55. The monoisotopic (exact) mass is 362 g/mol. The van der Waals surface area contributed by atoms with Gasteiger partial charge in [0, 0.05) is 4.47 Å². The van der Waals surface area contributed by atoms with E-state index in [9.17, 15) is 12.8 Å². The van der Waals surface area contributed by atoms with Gasteiger partial charge in [-0.2, -0.15) is 0 Å². The van der Waals surface area contributed by atoms with E-state index >= 15 is 0 Å². The number of sulfone groups is 1. The van der Waals surface area contributed by atoms with Crippen LogP contribution in [0.1, 0.15) is 5.56 Å². The Bertz CT molecular complexity index is 696. The molecule has 2 aromatic rings. The number of rotatable bonds is 3. The molecule has 0 amide bonds. The fourth-order valence-corrected chi connectivity index (χ4v) is 4.10. The molecule has 2 rings (SSSR count). The maximum absolute atomic E-state index is 13.2. The molecule has 0 bridgehead atoms. The van der Waals surface area contributed by atoms with Gasteiger partial charge in [0.1, 0.15) is 5.82 Å². The lowest BCUT2D eigenvalue weighted by molar-refractivity contribution is 0.594. The Morgan fingerprint density at radius 3 is 2.47 bits per heavy atom. The highest BCUT2D eigenvalue weighted by Gasteiger charge is 2.18. The first kappa shape index (κ1) is 14.5. The van der Waals surface area contributed by atoms with Crippen molar-refractivity contribution in [3.63, 3.8) is 0 Å². The average Bonchev–Trinajstić information content (AvgIpc) is 2.26. The van der Waals surface area contributed by atoms with Gasteiger partial charge in [-0.25, -0.2) is 12.8 Å². The molecule has 0 saturated carbocycles. The molecule has 19 heavy (non-hydrogen) atoms. The Hall–Kier alpha value is -0.910. The highest BCUT2D eigenvalue weighted by Crippen LogP contribution is 2.25. The van der Waals surface area contributed by atoms with Gasteiger partial charge in [0.05, 0.1) is 15.7 Å². The Morgan fingerprint density at radius 2 is 1.84 bits per heavy atom. The van der Waals surface area contributed by atoms with Gasteiger partial charge in [-0.3, -0.25) is 0 Å². The Kier molecular flexibility index (Phi) is 4.28. The zero-order chi connectivity index (χ0) is 14.0. The second kappa shape index (κ2) is 5.61. The zero-order valence-corrected chi connectivity index (χ0v) is 12.8. The van der Waals surface area contributed by atoms with Crippen LogP contribution < -0.4 is 0 Å². The third-order valence-electron chi connectivity index (χ3n) is 2.45. The van der Waals surface area contributed by atoms with Crippen molar-refractivity contribution >= 4 is 37.4 Å². The predicted octanol–water partition coefficient (Wildman–Crippen LogP) is 4.22. The van der Waals surface area contributed by atoms with Gasteiger partial charge in [-0.15, -0.1) is 0 Å². The SMILES string of the molecule is O=S(=O)(Cc1cc(F)cc(Br)c1)c1ccccc1Cl. The summed E-state index contributed by atoms with van der Waals surface area (Å²) in [7, 11) is -3.60. The number of halogens is 3. The van der Waals surface area contributed by atoms with Crippen molar-refractivity contribution in [2.75, 3.05) is 0 Å². The number of hydrogen-bond donors (Lipinski definition) is 0. The summed E-state index contributed by atoms with van der Waals surface area (Å²) in [6.45, 7) is 0. The maximum Gasteiger partial charge on any atom is 0.183 e. The third-order valence-corrected chi connectivity index (χ3v) is 5.09. The molecule has 0 heterocycles. The van der Waals surface area contributed by atoms with Crippen LogP contribution in [0.3, 0.4) is 0 Å². The molecule has 0 fully saturated rings. The molecule has 0 radical (unpaired) electrons. The van der Waals surface area contributed by atoms with Crippen molar-refractivity contribution < 1.29 is 12.8 Å². The molecule has 0 N–H and O–H groups in total. The van der Waals surface area contributed by atoms with Crippen LogP contribution >= 0.6 is 27.5 Å². The first-order valence-electron chi connectivity index (χ1n) is 5.31. The lowest BCUT2D eigenvalue weighted by Crippen LogP contribution is -2.06. The minimum absolute atomic E-state index is 0.0528. The lowest BCUT2D eigenvalue weighted by atomic mass is 10.2. The molecule has 0 aliphatic carbocycles. The van der Waals surface area contributed by atoms with E-state index in [1.54, 1.807) is 18.2 Å². The smallest absolute Gasteiger partial charge is 0.183 e. The summed E-state index contributed by atoms with van der Waals surface area (Å²) in [5, 5.41) is 0.165. The van der Waals surface area contributed by atoms with E-state index in [1.165, 1.54) is 24.3 Å². The van der Waals surface area contributed by atoms with Crippen molar-refractivity contribution in [2.45, 2.75) is 10.6 Å². The lowest BCUT2D eigenvalue weighted by Gasteiger charge is -2.07. The normalized spacial score (nSPS) is 11.5. The van der Waals surface area contributed by atoms with E-state index in [4.69, 9.17) is 11.6 Å². The van der Waals surface area contributed by atoms with Crippen LogP contribution in [-0.4, -0.2) is 8.42 Å². The van der Waals surface area contributed by atoms with Crippen LogP contribution in [0.15, 0.2) is 51.8 Å². The summed E-state index contributed by atoms with van der Waals surface area (Å²) < 4.78 is 38.2. The minimum Gasteiger partial charge on any atom is -0.223 e. The molecule has 100 valence electrons. The molecular weight excluding hydrogens is 355 g/mol. The topological polar surface area (TPSA) is 34.1 Å². The second-order valence-electron chi connectivity index (χ2n) is 3.97. The van der Waals surface area contributed by atoms with Crippen molar-refractivity contribution in [3.8, 4) is 0 Å². The van der Waals surface area contributed by atoms with Crippen LogP contribution in [-0.2, 0) is 15.6 Å². The fraction of sp³-hybridized carbons (Fsp3) is 0.0769. The molecule has 2 aromatic carbocycles. The molecule has 0 aliphatic rings. The Balaban J connectivity index is 2.39. The van der Waals surface area contributed by atoms with Gasteiger partial charge in [0.2, 0.25) is 0 Å². The van der Waals surface area contributed by atoms with E-state index in [1.807, 2.05) is 0 Å². The molecule has 6 heteroatoms. The maximum atomic E-state index is 13.2. The van der Waals surface area contributed by atoms with Gasteiger partial charge >= 0.3 is 0 Å². The van der Waals surface area contributed by atoms with Crippen molar-refractivity contribution in [3.05, 3.63) is 63.3 Å². The Labute approximate surface area is 124 Å². The highest BCUT2D eigenvalue weighted by molar-refractivity contribution is 9.10. The molecule has 0 aliphatic heterocycles. The molecule has 0 aromatic heterocycles. The molecule has 0 unspecified atom stereocenters. The quantitative estimate of drug-likeness (QED) is 0.818. The van der Waals surface area contributed by atoms with Crippen LogP contribution in [0.2, 0.25) is 5.02 Å². The van der Waals surface area contributed by atoms with Crippen LogP contribution in [0, 0.1) is 5.82 Å². The van der Waals surface area contributed by atoms with E-state index < -0.39 is 15.7 Å². The number of hydrogen-bond acceptors (Lipinski definition) is 2. The van der Waals surface area contributed by atoms with Crippen LogP contribution in [0.5, 0.6) is 0 Å². The van der Waals surface area contributed by atoms with Crippen molar-refractivity contribution in [1.82, 2.24) is 0 Å². The predicted molar refractivity (Wildman–Crippen MR) is 76.4 cm³/mol. The highest BCUT2D eigenvalue weighted by atomic mass is 79.9. The average molecular weight is 364 g/mol. The summed E-state index contributed by atoms with van der Waals surface area (Å²) in [5.74, 6) is -0.786. The Morgan fingerprint density at radius 1 is 1.16 bits per heavy atom. The van der Waals surface area contributed by atoms with Crippen molar-refractivity contribution in [2.24, 2.45) is 0 Å². The minimum atomic E-state index is -3.60. The van der Waals surface area contributed by atoms with E-state index in [0.717, 1.165) is 0 Å². The molecule has 0 spiro atoms. The summed E-state index contributed by atoms with van der Waals surface area (Å²) in [6.07, 6.45) is 0. The van der Waals surface area contributed by atoms with Gasteiger partial charge < -0.3 is 0 Å². The van der Waals surface area contributed by atoms with Gasteiger partial charge in [0.25, 0.3) is 0 Å². The molecule has 0 saturated heterocycles. The zero-order valence-electron chi connectivity index (χ0n) is 9.61. The summed E-state index contributed by atoms with van der Waals surface area (Å²) >= 11 is 9.01. The standard InChI is InChI=1S/C13H9BrClFO2S/c14-10-5-9(6-11(16)7-10)8-19(17,18)13-4-2-1-3-12(13)15/h1-7H,8H2. The summed E-state index contributed by atoms with van der Waals surface area (Å²) in [5.41, 5.74) is 0.367. The molecule has 0 atom stereocenters. The van der Waals surface area contributed by atoms with Gasteiger partial charge in [-0.05, 0) is 35.9 Å². The van der Waals surface area contributed by atoms with E-state index in [2.05, 4.69) is 15.9 Å². The van der Waals surface area contributed by atoms with Crippen LogP contribution in [0.25, 0.3) is 0 Å². The van der Waals surface area contributed by atoms with Crippen LogP contribution in [0.4, 0.5) is 4.39 Å². The first-order valence-corrected chi connectivity index (χ1v) is 8.13. The first-order chi connectivity index (χ1) is 8.88. The summed E-state index contributed by atoms with van der Waals surface area (Å²) in [4.78, 5) is 0.0528.